The van der Waals surface area contributed by atoms with Gasteiger partial charge in [0.05, 0.1) is 30.5 Å². The van der Waals surface area contributed by atoms with E-state index in [1.165, 1.54) is 16.0 Å². The van der Waals surface area contributed by atoms with Crippen LogP contribution in [0.2, 0.25) is 0 Å². The summed E-state index contributed by atoms with van der Waals surface area (Å²) in [6.07, 6.45) is 0. The summed E-state index contributed by atoms with van der Waals surface area (Å²) < 4.78 is 14.0. The molecule has 0 N–H and O–H groups in total. The average Bonchev–Trinajstić information content (AvgIpc) is 3.13. The molecule has 0 radical (unpaired) electrons. The van der Waals surface area contributed by atoms with Crippen LogP contribution in [0.5, 0.6) is 11.5 Å². The summed E-state index contributed by atoms with van der Waals surface area (Å²) in [4.78, 5) is 17.5. The molecule has 0 bridgehead atoms. The normalized spacial score (nSPS) is 11.0. The van der Waals surface area contributed by atoms with Crippen molar-refractivity contribution >= 4 is 37.5 Å². The van der Waals surface area contributed by atoms with Crippen LogP contribution in [0.4, 0.5) is 0 Å². The van der Waals surface area contributed by atoms with E-state index in [-0.39, 0.29) is 5.56 Å². The van der Waals surface area contributed by atoms with Crippen molar-refractivity contribution in [1.29, 1.82) is 0 Å². The quantitative estimate of drug-likeness (QED) is 0.423. The fourth-order valence-corrected chi connectivity index (χ4v) is 4.29. The van der Waals surface area contributed by atoms with Gasteiger partial charge in [-0.25, -0.2) is 9.67 Å². The predicted octanol–water partition coefficient (Wildman–Crippen LogP) is 4.66. The first kappa shape index (κ1) is 19.6. The fraction of sp³-hybridized carbons (Fsp3) is 0.190. The van der Waals surface area contributed by atoms with Crippen LogP contribution in [0.25, 0.3) is 21.5 Å². The van der Waals surface area contributed by atoms with E-state index in [2.05, 4.69) is 20.9 Å². The number of benzene rings is 2. The molecular formula is C21H18BrN3O3S. The molecule has 6 nitrogen and oxygen atoms in total. The summed E-state index contributed by atoms with van der Waals surface area (Å²) >= 11 is 4.90. The minimum absolute atomic E-state index is 0.198. The Bertz CT molecular complexity index is 1250. The molecule has 0 spiro atoms. The van der Waals surface area contributed by atoms with Crippen molar-refractivity contribution in [3.8, 4) is 22.8 Å². The molecule has 0 aliphatic carbocycles. The van der Waals surface area contributed by atoms with Crippen LogP contribution in [0.3, 0.4) is 0 Å². The van der Waals surface area contributed by atoms with E-state index in [0.29, 0.717) is 29.3 Å². The third-order valence-corrected chi connectivity index (χ3v) is 6.02. The van der Waals surface area contributed by atoms with Crippen LogP contribution < -0.4 is 15.0 Å². The highest BCUT2D eigenvalue weighted by Crippen LogP contribution is 2.35. The van der Waals surface area contributed by atoms with E-state index in [0.717, 1.165) is 25.3 Å². The van der Waals surface area contributed by atoms with Gasteiger partial charge in [-0.05, 0) is 42.8 Å². The maximum absolute atomic E-state index is 13.0. The summed E-state index contributed by atoms with van der Waals surface area (Å²) in [6.45, 7) is 2.25. The van der Waals surface area contributed by atoms with Gasteiger partial charge in [-0.3, -0.25) is 4.79 Å². The highest BCUT2D eigenvalue weighted by molar-refractivity contribution is 9.10. The van der Waals surface area contributed by atoms with Crippen molar-refractivity contribution in [2.45, 2.75) is 13.5 Å². The number of nitrogens with zero attached hydrogens (tertiary/aromatic N) is 3. The second-order valence-corrected chi connectivity index (χ2v) is 8.54. The second kappa shape index (κ2) is 7.96. The summed E-state index contributed by atoms with van der Waals surface area (Å²) in [6, 6.07) is 13.4. The lowest BCUT2D eigenvalue weighted by atomic mass is 10.1. The second-order valence-electron chi connectivity index (χ2n) is 6.42. The maximum Gasteiger partial charge on any atom is 0.294 e. The fourth-order valence-electron chi connectivity index (χ4n) is 3.11. The van der Waals surface area contributed by atoms with Gasteiger partial charge in [0.25, 0.3) is 5.56 Å². The molecule has 4 rings (SSSR count). The average molecular weight is 472 g/mol. The lowest BCUT2D eigenvalue weighted by Gasteiger charge is -2.11. The third-order valence-electron chi connectivity index (χ3n) is 4.51. The number of fused-ring (bicyclic) bond motifs is 1. The monoisotopic (exact) mass is 471 g/mol. The van der Waals surface area contributed by atoms with E-state index < -0.39 is 0 Å². The topological polar surface area (TPSA) is 66.2 Å². The number of aromatic nitrogens is 3. The van der Waals surface area contributed by atoms with E-state index in [4.69, 9.17) is 14.6 Å². The Morgan fingerprint density at radius 1 is 1.07 bits per heavy atom. The first-order valence-electron chi connectivity index (χ1n) is 8.85. The molecule has 148 valence electrons. The number of hydrogen-bond donors (Lipinski definition) is 0. The SMILES string of the molecule is COc1ccc(-c2nn(Cc3ccc(Br)cc3)c(=O)c3nc(C)sc23)cc1OC. The molecule has 0 aliphatic heterocycles. The number of hydrogen-bond acceptors (Lipinski definition) is 6. The highest BCUT2D eigenvalue weighted by atomic mass is 79.9. The number of methoxy groups -OCH3 is 2. The Balaban J connectivity index is 1.90. The van der Waals surface area contributed by atoms with Gasteiger partial charge in [0.1, 0.15) is 5.69 Å². The van der Waals surface area contributed by atoms with E-state index >= 15 is 0 Å². The van der Waals surface area contributed by atoms with Gasteiger partial charge in [-0.15, -0.1) is 11.3 Å². The van der Waals surface area contributed by atoms with E-state index in [1.54, 1.807) is 14.2 Å². The van der Waals surface area contributed by atoms with Crippen LogP contribution in [0.1, 0.15) is 10.6 Å². The minimum atomic E-state index is -0.198. The maximum atomic E-state index is 13.0. The van der Waals surface area contributed by atoms with Gasteiger partial charge >= 0.3 is 0 Å². The number of ether oxygens (including phenoxy) is 2. The zero-order valence-corrected chi connectivity index (χ0v) is 18.5. The molecule has 0 saturated carbocycles. The lowest BCUT2D eigenvalue weighted by Crippen LogP contribution is -2.24. The van der Waals surface area contributed by atoms with Gasteiger partial charge < -0.3 is 9.47 Å². The number of rotatable bonds is 5. The number of halogens is 1. The lowest BCUT2D eigenvalue weighted by molar-refractivity contribution is 0.355. The Hall–Kier alpha value is -2.71. The molecule has 0 atom stereocenters. The van der Waals surface area contributed by atoms with Crippen LogP contribution in [-0.2, 0) is 6.54 Å². The van der Waals surface area contributed by atoms with Crippen LogP contribution >= 0.6 is 27.3 Å². The highest BCUT2D eigenvalue weighted by Gasteiger charge is 2.18. The zero-order valence-electron chi connectivity index (χ0n) is 16.1. The summed E-state index contributed by atoms with van der Waals surface area (Å²) in [7, 11) is 3.19. The van der Waals surface area contributed by atoms with Gasteiger partial charge in [0.2, 0.25) is 0 Å². The van der Waals surface area contributed by atoms with Crippen molar-refractivity contribution in [2.75, 3.05) is 14.2 Å². The molecule has 2 aromatic carbocycles. The molecule has 8 heteroatoms. The summed E-state index contributed by atoms with van der Waals surface area (Å²) in [5.41, 5.74) is 2.75. The first-order chi connectivity index (χ1) is 14.0. The molecule has 2 heterocycles. The van der Waals surface area contributed by atoms with Crippen LogP contribution in [0.15, 0.2) is 51.7 Å². The Labute approximate surface area is 179 Å². The summed E-state index contributed by atoms with van der Waals surface area (Å²) in [5.74, 6) is 1.24. The molecular weight excluding hydrogens is 454 g/mol. The Kier molecular flexibility index (Phi) is 5.38. The van der Waals surface area contributed by atoms with Crippen molar-refractivity contribution in [3.05, 3.63) is 67.9 Å². The van der Waals surface area contributed by atoms with Gasteiger partial charge in [0, 0.05) is 10.0 Å². The first-order valence-corrected chi connectivity index (χ1v) is 10.5. The van der Waals surface area contributed by atoms with E-state index in [9.17, 15) is 4.79 Å². The number of thiazole rings is 1. The molecule has 0 amide bonds. The molecule has 0 fully saturated rings. The Morgan fingerprint density at radius 3 is 2.48 bits per heavy atom. The molecule has 0 saturated heterocycles. The minimum Gasteiger partial charge on any atom is -0.493 e. The van der Waals surface area contributed by atoms with Crippen molar-refractivity contribution in [1.82, 2.24) is 14.8 Å². The van der Waals surface area contributed by atoms with Gasteiger partial charge in [0.15, 0.2) is 17.0 Å². The molecule has 0 aliphatic rings. The van der Waals surface area contributed by atoms with Crippen molar-refractivity contribution < 1.29 is 9.47 Å². The van der Waals surface area contributed by atoms with E-state index in [1.807, 2.05) is 49.4 Å². The van der Waals surface area contributed by atoms with Gasteiger partial charge in [-0.2, -0.15) is 5.10 Å². The van der Waals surface area contributed by atoms with Crippen molar-refractivity contribution in [2.24, 2.45) is 0 Å². The molecule has 2 aromatic heterocycles. The van der Waals surface area contributed by atoms with Gasteiger partial charge in [-0.1, -0.05) is 28.1 Å². The molecule has 29 heavy (non-hydrogen) atoms. The smallest absolute Gasteiger partial charge is 0.294 e. The standard InChI is InChI=1S/C21H18BrN3O3S/c1-12-23-19-20(29-12)18(14-6-9-16(27-2)17(10-14)28-3)24-25(21(19)26)11-13-4-7-15(22)8-5-13/h4-10H,11H2,1-3H3. The predicted molar refractivity (Wildman–Crippen MR) is 118 cm³/mol. The number of aryl methyl sites for hydroxylation is 1. The molecule has 4 aromatic rings. The van der Waals surface area contributed by atoms with Crippen LogP contribution in [-0.4, -0.2) is 29.0 Å². The zero-order chi connectivity index (χ0) is 20.5. The third kappa shape index (κ3) is 3.77. The molecule has 0 unspecified atom stereocenters. The van der Waals surface area contributed by atoms with Crippen LogP contribution in [0, 0.1) is 6.92 Å². The summed E-state index contributed by atoms with van der Waals surface area (Å²) in [5, 5.41) is 5.52. The Morgan fingerprint density at radius 2 is 1.79 bits per heavy atom. The van der Waals surface area contributed by atoms with Crippen molar-refractivity contribution in [3.63, 3.8) is 0 Å². The largest absolute Gasteiger partial charge is 0.493 e.